The van der Waals surface area contributed by atoms with Crippen LogP contribution in [0.5, 0.6) is 0 Å². The minimum atomic E-state index is -0.258. The van der Waals surface area contributed by atoms with Crippen molar-refractivity contribution in [3.63, 3.8) is 0 Å². The van der Waals surface area contributed by atoms with Gasteiger partial charge in [-0.3, -0.25) is 0 Å². The Hall–Kier alpha value is -1.13. The van der Waals surface area contributed by atoms with E-state index in [9.17, 15) is 4.39 Å². The normalized spacial score (nSPS) is 9.89. The van der Waals surface area contributed by atoms with Gasteiger partial charge in [0.1, 0.15) is 11.9 Å². The highest BCUT2D eigenvalue weighted by Gasteiger charge is 2.04. The molecule has 0 aliphatic carbocycles. The van der Waals surface area contributed by atoms with E-state index in [0.29, 0.717) is 5.56 Å². The van der Waals surface area contributed by atoms with E-state index in [1.54, 1.807) is 12.1 Å². The Labute approximate surface area is 126 Å². The van der Waals surface area contributed by atoms with Crippen molar-refractivity contribution in [1.29, 1.82) is 5.26 Å². The summed E-state index contributed by atoms with van der Waals surface area (Å²) in [5, 5.41) is 12.0. The van der Waals surface area contributed by atoms with Crippen molar-refractivity contribution in [2.45, 2.75) is 0 Å². The molecule has 0 amide bonds. The molecule has 0 fully saturated rings. The minimum absolute atomic E-state index is 0.258. The van der Waals surface area contributed by atoms with E-state index in [4.69, 9.17) is 5.26 Å². The minimum Gasteiger partial charge on any atom is -0.355 e. The second-order valence-corrected chi connectivity index (χ2v) is 5.57. The summed E-state index contributed by atoms with van der Waals surface area (Å²) in [6, 6.07) is 12.0. The molecule has 0 radical (unpaired) electrons. The van der Waals surface area contributed by atoms with Crippen molar-refractivity contribution < 1.29 is 4.39 Å². The molecule has 2 aromatic carbocycles. The lowest BCUT2D eigenvalue weighted by Gasteiger charge is -2.09. The summed E-state index contributed by atoms with van der Waals surface area (Å²) in [4.78, 5) is 0. The Balaban J connectivity index is 2.29. The summed E-state index contributed by atoms with van der Waals surface area (Å²) >= 11 is 5.40. The molecule has 0 atom stereocenters. The first-order valence-electron chi connectivity index (χ1n) is 5.02. The Bertz CT molecular complexity index is 637. The van der Waals surface area contributed by atoms with Crippen LogP contribution in [0.3, 0.4) is 0 Å². The van der Waals surface area contributed by atoms with Crippen LogP contribution in [-0.2, 0) is 0 Å². The van der Waals surface area contributed by atoms with E-state index in [1.807, 2.05) is 12.1 Å². The molecule has 0 aliphatic rings. The quantitative estimate of drug-likeness (QED) is 0.713. The third-order valence-electron chi connectivity index (χ3n) is 2.30. The molecular weight excluding hydrogens is 410 g/mol. The number of anilines is 2. The molecule has 2 nitrogen and oxygen atoms in total. The average Bonchev–Trinajstić information content (AvgIpc) is 2.33. The Kier molecular flexibility index (Phi) is 4.19. The standard InChI is InChI=1S/C13H7BrFIN2/c14-11-6-10(3-1-8(11)7-17)18-13-4-2-9(15)5-12(13)16/h1-6,18H. The molecule has 18 heavy (non-hydrogen) atoms. The van der Waals surface area contributed by atoms with Crippen LogP contribution < -0.4 is 5.32 Å². The highest BCUT2D eigenvalue weighted by atomic mass is 127. The summed E-state index contributed by atoms with van der Waals surface area (Å²) in [6.07, 6.45) is 0. The van der Waals surface area contributed by atoms with Crippen molar-refractivity contribution in [3.05, 3.63) is 55.8 Å². The van der Waals surface area contributed by atoms with Gasteiger partial charge in [-0.2, -0.15) is 5.26 Å². The fourth-order valence-electron chi connectivity index (χ4n) is 1.43. The third kappa shape index (κ3) is 3.00. The highest BCUT2D eigenvalue weighted by Crippen LogP contribution is 2.26. The van der Waals surface area contributed by atoms with Crippen LogP contribution in [-0.4, -0.2) is 0 Å². The van der Waals surface area contributed by atoms with Crippen LogP contribution in [0.25, 0.3) is 0 Å². The van der Waals surface area contributed by atoms with Crippen molar-refractivity contribution in [1.82, 2.24) is 0 Å². The van der Waals surface area contributed by atoms with Gasteiger partial charge in [0.25, 0.3) is 0 Å². The SMILES string of the molecule is N#Cc1ccc(Nc2ccc(F)cc2I)cc1Br. The predicted octanol–water partition coefficient (Wildman–Crippen LogP) is 4.81. The molecule has 90 valence electrons. The van der Waals surface area contributed by atoms with Gasteiger partial charge in [0.15, 0.2) is 0 Å². The lowest BCUT2D eigenvalue weighted by Crippen LogP contribution is -1.94. The third-order valence-corrected chi connectivity index (χ3v) is 3.85. The number of rotatable bonds is 2. The van der Waals surface area contributed by atoms with E-state index < -0.39 is 0 Å². The van der Waals surface area contributed by atoms with Gasteiger partial charge < -0.3 is 5.32 Å². The molecule has 1 N–H and O–H groups in total. The van der Waals surface area contributed by atoms with Crippen LogP contribution in [0.15, 0.2) is 40.9 Å². The molecule has 0 bridgehead atoms. The second kappa shape index (κ2) is 5.67. The molecule has 0 saturated carbocycles. The van der Waals surface area contributed by atoms with E-state index in [0.717, 1.165) is 19.4 Å². The summed E-state index contributed by atoms with van der Waals surface area (Å²) in [5.74, 6) is -0.258. The van der Waals surface area contributed by atoms with Crippen LogP contribution in [0.1, 0.15) is 5.56 Å². The molecular formula is C13H7BrFIN2. The predicted molar refractivity (Wildman–Crippen MR) is 81.3 cm³/mol. The fraction of sp³-hybridized carbons (Fsp3) is 0. The molecule has 0 aromatic heterocycles. The van der Waals surface area contributed by atoms with Crippen LogP contribution in [0.2, 0.25) is 0 Å². The van der Waals surface area contributed by atoms with E-state index in [-0.39, 0.29) is 5.82 Å². The van der Waals surface area contributed by atoms with Crippen molar-refractivity contribution >= 4 is 49.9 Å². The van der Waals surface area contributed by atoms with E-state index in [1.165, 1.54) is 12.1 Å². The van der Waals surface area contributed by atoms with E-state index in [2.05, 4.69) is 49.9 Å². The highest BCUT2D eigenvalue weighted by molar-refractivity contribution is 14.1. The smallest absolute Gasteiger partial charge is 0.124 e. The summed E-state index contributed by atoms with van der Waals surface area (Å²) in [6.45, 7) is 0. The lowest BCUT2D eigenvalue weighted by atomic mass is 10.2. The Morgan fingerprint density at radius 1 is 1.22 bits per heavy atom. The van der Waals surface area contributed by atoms with Crippen LogP contribution in [0, 0.1) is 20.7 Å². The number of hydrogen-bond donors (Lipinski definition) is 1. The maximum absolute atomic E-state index is 13.0. The first kappa shape index (κ1) is 13.3. The van der Waals surface area contributed by atoms with Crippen molar-refractivity contribution in [3.8, 4) is 6.07 Å². The van der Waals surface area contributed by atoms with Crippen molar-refractivity contribution in [2.75, 3.05) is 5.32 Å². The van der Waals surface area contributed by atoms with Gasteiger partial charge in [0.05, 0.1) is 11.3 Å². The second-order valence-electron chi connectivity index (χ2n) is 3.56. The number of halogens is 3. The zero-order valence-electron chi connectivity index (χ0n) is 9.05. The number of nitriles is 1. The molecule has 0 spiro atoms. The first-order valence-corrected chi connectivity index (χ1v) is 6.89. The van der Waals surface area contributed by atoms with Crippen molar-refractivity contribution in [2.24, 2.45) is 0 Å². The molecule has 0 heterocycles. The summed E-state index contributed by atoms with van der Waals surface area (Å²) in [7, 11) is 0. The zero-order valence-corrected chi connectivity index (χ0v) is 12.8. The summed E-state index contributed by atoms with van der Waals surface area (Å²) < 4.78 is 14.5. The van der Waals surface area contributed by atoms with E-state index >= 15 is 0 Å². The Morgan fingerprint density at radius 2 is 2.00 bits per heavy atom. The van der Waals surface area contributed by atoms with Gasteiger partial charge in [-0.15, -0.1) is 0 Å². The summed E-state index contributed by atoms with van der Waals surface area (Å²) in [5.41, 5.74) is 2.24. The topological polar surface area (TPSA) is 35.8 Å². The largest absolute Gasteiger partial charge is 0.355 e. The monoisotopic (exact) mass is 416 g/mol. The van der Waals surface area contributed by atoms with Gasteiger partial charge >= 0.3 is 0 Å². The maximum Gasteiger partial charge on any atom is 0.124 e. The molecule has 0 unspecified atom stereocenters. The van der Waals surface area contributed by atoms with Gasteiger partial charge in [-0.1, -0.05) is 0 Å². The molecule has 5 heteroatoms. The number of nitrogens with one attached hydrogen (secondary N) is 1. The molecule has 0 saturated heterocycles. The molecule has 0 aliphatic heterocycles. The number of benzene rings is 2. The first-order chi connectivity index (χ1) is 8.60. The van der Waals surface area contributed by atoms with Crippen LogP contribution >= 0.6 is 38.5 Å². The van der Waals surface area contributed by atoms with Gasteiger partial charge in [0, 0.05) is 13.7 Å². The zero-order chi connectivity index (χ0) is 13.1. The fourth-order valence-corrected chi connectivity index (χ4v) is 2.51. The van der Waals surface area contributed by atoms with Crippen LogP contribution in [0.4, 0.5) is 15.8 Å². The molecule has 2 aromatic rings. The Morgan fingerprint density at radius 3 is 2.61 bits per heavy atom. The van der Waals surface area contributed by atoms with Gasteiger partial charge in [-0.25, -0.2) is 4.39 Å². The molecule has 2 rings (SSSR count). The lowest BCUT2D eigenvalue weighted by molar-refractivity contribution is 0.627. The maximum atomic E-state index is 13.0. The number of nitrogens with zero attached hydrogens (tertiary/aromatic N) is 1. The average molecular weight is 417 g/mol. The number of hydrogen-bond acceptors (Lipinski definition) is 2. The van der Waals surface area contributed by atoms with Gasteiger partial charge in [0.2, 0.25) is 0 Å². The van der Waals surface area contributed by atoms with Gasteiger partial charge in [-0.05, 0) is 74.9 Å².